The second-order valence-corrected chi connectivity index (χ2v) is 6.31. The molecule has 21 heavy (non-hydrogen) atoms. The van der Waals surface area contributed by atoms with Crippen LogP contribution in [0.25, 0.3) is 10.2 Å². The van der Waals surface area contributed by atoms with Crippen LogP contribution >= 0.6 is 11.3 Å². The highest BCUT2D eigenvalue weighted by Crippen LogP contribution is 2.21. The lowest BCUT2D eigenvalue weighted by Gasteiger charge is -2.38. The number of nitrogens with zero attached hydrogens (tertiary/aromatic N) is 2. The minimum absolute atomic E-state index is 0.0546. The SMILES string of the molecule is COC1CCN(Cc2nc3ccsc3c(=O)[nH]2)C(CN)C1. The second kappa shape index (κ2) is 6.23. The van der Waals surface area contributed by atoms with Gasteiger partial charge in [0.15, 0.2) is 0 Å². The molecule has 0 bridgehead atoms. The lowest BCUT2D eigenvalue weighted by Crippen LogP contribution is -2.48. The van der Waals surface area contributed by atoms with Gasteiger partial charge in [0, 0.05) is 26.2 Å². The van der Waals surface area contributed by atoms with Gasteiger partial charge in [0.2, 0.25) is 0 Å². The number of hydrogen-bond acceptors (Lipinski definition) is 6. The number of aromatic amines is 1. The van der Waals surface area contributed by atoms with Gasteiger partial charge in [-0.15, -0.1) is 11.3 Å². The number of nitrogens with one attached hydrogen (secondary N) is 1. The van der Waals surface area contributed by atoms with Crippen molar-refractivity contribution in [1.82, 2.24) is 14.9 Å². The number of H-pyrrole nitrogens is 1. The third kappa shape index (κ3) is 3.01. The van der Waals surface area contributed by atoms with Crippen molar-refractivity contribution in [1.29, 1.82) is 0 Å². The van der Waals surface area contributed by atoms with Gasteiger partial charge in [-0.05, 0) is 24.3 Å². The number of rotatable bonds is 4. The minimum Gasteiger partial charge on any atom is -0.381 e. The van der Waals surface area contributed by atoms with Crippen LogP contribution in [0.3, 0.4) is 0 Å². The number of fused-ring (bicyclic) bond motifs is 1. The molecule has 0 amide bonds. The lowest BCUT2D eigenvalue weighted by atomic mass is 9.99. The number of nitrogens with two attached hydrogens (primary N) is 1. The van der Waals surface area contributed by atoms with E-state index in [1.165, 1.54) is 11.3 Å². The van der Waals surface area contributed by atoms with Gasteiger partial charge in [-0.3, -0.25) is 9.69 Å². The van der Waals surface area contributed by atoms with Crippen LogP contribution in [0.4, 0.5) is 0 Å². The summed E-state index contributed by atoms with van der Waals surface area (Å²) >= 11 is 1.42. The molecule has 114 valence electrons. The summed E-state index contributed by atoms with van der Waals surface area (Å²) in [7, 11) is 1.75. The van der Waals surface area contributed by atoms with E-state index in [-0.39, 0.29) is 17.7 Å². The van der Waals surface area contributed by atoms with Crippen LogP contribution in [0.5, 0.6) is 0 Å². The van der Waals surface area contributed by atoms with Crippen molar-refractivity contribution < 1.29 is 4.74 Å². The van der Waals surface area contributed by atoms with Gasteiger partial charge in [0.1, 0.15) is 10.5 Å². The molecule has 0 spiro atoms. The minimum atomic E-state index is -0.0546. The molecule has 1 aliphatic rings. The molecule has 2 aromatic rings. The highest BCUT2D eigenvalue weighted by atomic mass is 32.1. The Labute approximate surface area is 126 Å². The molecular formula is C14H20N4O2S. The van der Waals surface area contributed by atoms with Crippen molar-refractivity contribution in [2.75, 3.05) is 20.2 Å². The van der Waals surface area contributed by atoms with E-state index in [0.717, 1.165) is 24.9 Å². The largest absolute Gasteiger partial charge is 0.381 e. The van der Waals surface area contributed by atoms with Gasteiger partial charge in [0.25, 0.3) is 5.56 Å². The fraction of sp³-hybridized carbons (Fsp3) is 0.571. The van der Waals surface area contributed by atoms with Crippen molar-refractivity contribution in [3.05, 3.63) is 27.6 Å². The van der Waals surface area contributed by atoms with Crippen LogP contribution in [0.1, 0.15) is 18.7 Å². The number of methoxy groups -OCH3 is 1. The Bertz CT molecular complexity index is 668. The molecule has 1 saturated heterocycles. The molecule has 0 aliphatic carbocycles. The lowest BCUT2D eigenvalue weighted by molar-refractivity contribution is 0.00932. The van der Waals surface area contributed by atoms with E-state index in [0.29, 0.717) is 23.6 Å². The van der Waals surface area contributed by atoms with Crippen molar-refractivity contribution in [3.8, 4) is 0 Å². The normalized spacial score (nSPS) is 23.7. The molecule has 3 heterocycles. The summed E-state index contributed by atoms with van der Waals surface area (Å²) in [4.78, 5) is 21.7. The topological polar surface area (TPSA) is 84.2 Å². The molecule has 2 atom stereocenters. The first-order chi connectivity index (χ1) is 10.2. The van der Waals surface area contributed by atoms with E-state index in [4.69, 9.17) is 10.5 Å². The number of ether oxygens (including phenoxy) is 1. The van der Waals surface area contributed by atoms with E-state index in [2.05, 4.69) is 14.9 Å². The van der Waals surface area contributed by atoms with Crippen molar-refractivity contribution >= 4 is 21.6 Å². The monoisotopic (exact) mass is 308 g/mol. The summed E-state index contributed by atoms with van der Waals surface area (Å²) in [5.41, 5.74) is 6.60. The number of likely N-dealkylation sites (tertiary alicyclic amines) is 1. The molecule has 3 rings (SSSR count). The van der Waals surface area contributed by atoms with Gasteiger partial charge in [0.05, 0.1) is 18.2 Å². The highest BCUT2D eigenvalue weighted by Gasteiger charge is 2.28. The van der Waals surface area contributed by atoms with Gasteiger partial charge < -0.3 is 15.5 Å². The standard InChI is InChI=1S/C14H20N4O2S/c1-20-10-2-4-18(9(6-10)7-15)8-12-16-11-3-5-21-13(11)14(19)17-12/h3,5,9-10H,2,4,6-8,15H2,1H3,(H,16,17,19). The highest BCUT2D eigenvalue weighted by molar-refractivity contribution is 7.17. The molecule has 2 aromatic heterocycles. The van der Waals surface area contributed by atoms with Crippen molar-refractivity contribution in [2.24, 2.45) is 5.73 Å². The van der Waals surface area contributed by atoms with Crippen LogP contribution in [0, 0.1) is 0 Å². The molecule has 2 unspecified atom stereocenters. The maximum Gasteiger partial charge on any atom is 0.268 e. The maximum absolute atomic E-state index is 12.0. The van der Waals surface area contributed by atoms with Crippen molar-refractivity contribution in [2.45, 2.75) is 31.5 Å². The quantitative estimate of drug-likeness (QED) is 0.877. The first-order valence-electron chi connectivity index (χ1n) is 7.14. The average molecular weight is 308 g/mol. The Morgan fingerprint density at radius 1 is 1.62 bits per heavy atom. The smallest absolute Gasteiger partial charge is 0.268 e. The summed E-state index contributed by atoms with van der Waals surface area (Å²) in [5, 5.41) is 1.89. The van der Waals surface area contributed by atoms with Crippen LogP contribution in [-0.2, 0) is 11.3 Å². The predicted molar refractivity (Wildman–Crippen MR) is 83.5 cm³/mol. The zero-order chi connectivity index (χ0) is 14.8. The molecule has 1 fully saturated rings. The van der Waals surface area contributed by atoms with Gasteiger partial charge in [-0.1, -0.05) is 0 Å². The predicted octanol–water partition coefficient (Wildman–Crippen LogP) is 0.923. The Morgan fingerprint density at radius 2 is 2.48 bits per heavy atom. The molecule has 6 nitrogen and oxygen atoms in total. The number of piperidine rings is 1. The van der Waals surface area contributed by atoms with Crippen molar-refractivity contribution in [3.63, 3.8) is 0 Å². The fourth-order valence-corrected chi connectivity index (χ4v) is 3.64. The van der Waals surface area contributed by atoms with Crippen LogP contribution in [0.15, 0.2) is 16.2 Å². The zero-order valence-corrected chi connectivity index (χ0v) is 12.9. The van der Waals surface area contributed by atoms with Crippen LogP contribution < -0.4 is 11.3 Å². The molecular weight excluding hydrogens is 288 g/mol. The van der Waals surface area contributed by atoms with Crippen LogP contribution in [0.2, 0.25) is 0 Å². The van der Waals surface area contributed by atoms with Gasteiger partial charge >= 0.3 is 0 Å². The first kappa shape index (κ1) is 14.6. The molecule has 7 heteroatoms. The van der Waals surface area contributed by atoms with E-state index >= 15 is 0 Å². The molecule has 0 aromatic carbocycles. The van der Waals surface area contributed by atoms with E-state index in [1.54, 1.807) is 7.11 Å². The maximum atomic E-state index is 12.0. The third-order valence-electron chi connectivity index (χ3n) is 4.11. The molecule has 0 radical (unpaired) electrons. The Morgan fingerprint density at radius 3 is 3.24 bits per heavy atom. The molecule has 1 aliphatic heterocycles. The van der Waals surface area contributed by atoms with Gasteiger partial charge in [-0.2, -0.15) is 0 Å². The van der Waals surface area contributed by atoms with E-state index < -0.39 is 0 Å². The molecule has 3 N–H and O–H groups in total. The number of thiophene rings is 1. The van der Waals surface area contributed by atoms with Gasteiger partial charge in [-0.25, -0.2) is 4.98 Å². The Kier molecular flexibility index (Phi) is 4.34. The fourth-order valence-electron chi connectivity index (χ4n) is 2.92. The number of hydrogen-bond donors (Lipinski definition) is 2. The van der Waals surface area contributed by atoms with Crippen LogP contribution in [-0.4, -0.2) is 47.2 Å². The third-order valence-corrected chi connectivity index (χ3v) is 5.01. The Hall–Kier alpha value is -1.28. The molecule has 0 saturated carbocycles. The van der Waals surface area contributed by atoms with E-state index in [1.807, 2.05) is 11.4 Å². The Balaban J connectivity index is 1.79. The first-order valence-corrected chi connectivity index (χ1v) is 8.02. The summed E-state index contributed by atoms with van der Waals surface area (Å²) < 4.78 is 6.12. The second-order valence-electron chi connectivity index (χ2n) is 5.39. The number of aromatic nitrogens is 2. The summed E-state index contributed by atoms with van der Waals surface area (Å²) in [6.45, 7) is 2.12. The summed E-state index contributed by atoms with van der Waals surface area (Å²) in [5.74, 6) is 0.709. The zero-order valence-electron chi connectivity index (χ0n) is 12.0. The van der Waals surface area contributed by atoms with E-state index in [9.17, 15) is 4.79 Å². The summed E-state index contributed by atoms with van der Waals surface area (Å²) in [6.07, 6.45) is 2.19. The average Bonchev–Trinajstić information content (AvgIpc) is 2.96. The summed E-state index contributed by atoms with van der Waals surface area (Å²) in [6, 6.07) is 2.16.